The highest BCUT2D eigenvalue weighted by Gasteiger charge is 2.26. The summed E-state index contributed by atoms with van der Waals surface area (Å²) in [6.45, 7) is 0. The van der Waals surface area contributed by atoms with Gasteiger partial charge in [0.05, 0.1) is 18.2 Å². The van der Waals surface area contributed by atoms with Crippen LogP contribution in [-0.2, 0) is 16.0 Å². The standard InChI is InChI=1S/C21H14BF2N3O3/c1-30-21(29)17(27-20(28)18-15(23)3-2-4-16(18)24)8-12-5-6-14(22)19-13(12)7-11(9-25)10-26-19/h2-7,10,17H,8H2,1H3,(H,27,28)/t17-/m0/s1. The zero-order valence-corrected chi connectivity index (χ0v) is 15.8. The number of amides is 1. The first-order valence-electron chi connectivity index (χ1n) is 8.75. The number of nitrogens with zero attached hydrogens (tertiary/aromatic N) is 2. The van der Waals surface area contributed by atoms with Crippen LogP contribution in [0.4, 0.5) is 8.78 Å². The molecule has 1 N–H and O–H groups in total. The lowest BCUT2D eigenvalue weighted by Crippen LogP contribution is -2.43. The van der Waals surface area contributed by atoms with Crippen LogP contribution in [0, 0.1) is 23.0 Å². The van der Waals surface area contributed by atoms with Crippen LogP contribution in [0.1, 0.15) is 21.5 Å². The number of ether oxygens (including phenoxy) is 1. The van der Waals surface area contributed by atoms with E-state index >= 15 is 0 Å². The number of halogens is 2. The summed E-state index contributed by atoms with van der Waals surface area (Å²) in [6, 6.07) is 8.47. The van der Waals surface area contributed by atoms with E-state index in [2.05, 4.69) is 10.3 Å². The number of esters is 1. The Hall–Kier alpha value is -3.80. The van der Waals surface area contributed by atoms with Crippen LogP contribution in [0.25, 0.3) is 10.9 Å². The van der Waals surface area contributed by atoms with Crippen molar-refractivity contribution in [2.24, 2.45) is 0 Å². The summed E-state index contributed by atoms with van der Waals surface area (Å²) in [5.41, 5.74) is 0.795. The maximum Gasteiger partial charge on any atom is 0.328 e. The first kappa shape index (κ1) is 20.9. The van der Waals surface area contributed by atoms with Crippen molar-refractivity contribution in [2.45, 2.75) is 12.5 Å². The summed E-state index contributed by atoms with van der Waals surface area (Å²) < 4.78 is 32.6. The summed E-state index contributed by atoms with van der Waals surface area (Å²) in [5.74, 6) is -4.03. The second-order valence-electron chi connectivity index (χ2n) is 6.40. The average Bonchev–Trinajstić information content (AvgIpc) is 2.74. The highest BCUT2D eigenvalue weighted by Crippen LogP contribution is 2.19. The fourth-order valence-electron chi connectivity index (χ4n) is 3.04. The summed E-state index contributed by atoms with van der Waals surface area (Å²) >= 11 is 0. The molecule has 0 unspecified atom stereocenters. The van der Waals surface area contributed by atoms with E-state index in [1.807, 2.05) is 6.07 Å². The highest BCUT2D eigenvalue weighted by molar-refractivity contribution is 6.38. The number of nitrogens with one attached hydrogen (secondary N) is 1. The van der Waals surface area contributed by atoms with Crippen LogP contribution in [0.3, 0.4) is 0 Å². The van der Waals surface area contributed by atoms with Gasteiger partial charge < -0.3 is 10.1 Å². The molecule has 0 aliphatic rings. The predicted molar refractivity (Wildman–Crippen MR) is 105 cm³/mol. The second-order valence-corrected chi connectivity index (χ2v) is 6.40. The Morgan fingerprint density at radius 2 is 1.97 bits per heavy atom. The van der Waals surface area contributed by atoms with Crippen LogP contribution in [0.2, 0.25) is 0 Å². The molecule has 9 heteroatoms. The second kappa shape index (κ2) is 8.70. The molecular weight excluding hydrogens is 391 g/mol. The van der Waals surface area contributed by atoms with Crippen molar-refractivity contribution in [1.29, 1.82) is 5.26 Å². The summed E-state index contributed by atoms with van der Waals surface area (Å²) in [6.07, 6.45) is 1.28. The van der Waals surface area contributed by atoms with Gasteiger partial charge in [0, 0.05) is 18.0 Å². The SMILES string of the molecule is [B]c1ccc(C[C@H](NC(=O)c2c(F)cccc2F)C(=O)OC)c2cc(C#N)cnc12. The Bertz CT molecular complexity index is 1170. The first-order chi connectivity index (χ1) is 14.3. The van der Waals surface area contributed by atoms with E-state index in [4.69, 9.17) is 17.8 Å². The van der Waals surface area contributed by atoms with E-state index in [0.717, 1.165) is 25.3 Å². The van der Waals surface area contributed by atoms with E-state index in [1.165, 1.54) is 6.20 Å². The summed E-state index contributed by atoms with van der Waals surface area (Å²) in [4.78, 5) is 28.9. The van der Waals surface area contributed by atoms with Crippen LogP contribution < -0.4 is 10.8 Å². The Labute approximate surface area is 171 Å². The van der Waals surface area contributed by atoms with Crippen LogP contribution in [0.15, 0.2) is 42.6 Å². The topological polar surface area (TPSA) is 92.1 Å². The van der Waals surface area contributed by atoms with Gasteiger partial charge in [-0.3, -0.25) is 9.78 Å². The molecule has 0 aliphatic carbocycles. The van der Waals surface area contributed by atoms with Gasteiger partial charge in [-0.15, -0.1) is 0 Å². The Morgan fingerprint density at radius 1 is 1.27 bits per heavy atom. The van der Waals surface area contributed by atoms with Crippen molar-refractivity contribution in [3.8, 4) is 6.07 Å². The van der Waals surface area contributed by atoms with Gasteiger partial charge in [0.2, 0.25) is 0 Å². The van der Waals surface area contributed by atoms with Gasteiger partial charge in [-0.2, -0.15) is 5.26 Å². The van der Waals surface area contributed by atoms with Crippen molar-refractivity contribution in [1.82, 2.24) is 10.3 Å². The zero-order chi connectivity index (χ0) is 21.8. The molecule has 1 aromatic heterocycles. The zero-order valence-electron chi connectivity index (χ0n) is 15.8. The quantitative estimate of drug-likeness (QED) is 0.515. The van der Waals surface area contributed by atoms with E-state index in [0.29, 0.717) is 21.9 Å². The monoisotopic (exact) mass is 405 g/mol. The molecule has 1 atom stereocenters. The van der Waals surface area contributed by atoms with Crippen molar-refractivity contribution in [2.75, 3.05) is 7.11 Å². The maximum atomic E-state index is 13.9. The molecule has 0 fully saturated rings. The van der Waals surface area contributed by atoms with Gasteiger partial charge >= 0.3 is 5.97 Å². The van der Waals surface area contributed by atoms with Crippen LogP contribution in [-0.4, -0.2) is 37.9 Å². The predicted octanol–water partition coefficient (Wildman–Crippen LogP) is 1.69. The van der Waals surface area contributed by atoms with Gasteiger partial charge in [0.1, 0.15) is 37.2 Å². The maximum absolute atomic E-state index is 13.9. The number of hydrogen-bond donors (Lipinski definition) is 1. The number of benzene rings is 2. The van der Waals surface area contributed by atoms with Crippen molar-refractivity contribution in [3.05, 3.63) is 70.9 Å². The minimum atomic E-state index is -1.25. The molecule has 0 aliphatic heterocycles. The van der Waals surface area contributed by atoms with Crippen LogP contribution >= 0.6 is 0 Å². The van der Waals surface area contributed by atoms with E-state index in [9.17, 15) is 18.4 Å². The minimum absolute atomic E-state index is 0.0815. The molecule has 1 amide bonds. The lowest BCUT2D eigenvalue weighted by atomic mass is 9.89. The normalized spacial score (nSPS) is 11.5. The molecule has 0 bridgehead atoms. The molecule has 0 saturated heterocycles. The molecule has 30 heavy (non-hydrogen) atoms. The minimum Gasteiger partial charge on any atom is -0.467 e. The molecule has 2 radical (unpaired) electrons. The molecule has 3 aromatic rings. The summed E-state index contributed by atoms with van der Waals surface area (Å²) in [5, 5.41) is 12.0. The molecule has 0 saturated carbocycles. The largest absolute Gasteiger partial charge is 0.467 e. The fourth-order valence-corrected chi connectivity index (χ4v) is 3.04. The van der Waals surface area contributed by atoms with Crippen molar-refractivity contribution < 1.29 is 23.1 Å². The van der Waals surface area contributed by atoms with Gasteiger partial charge in [0.25, 0.3) is 5.91 Å². The third kappa shape index (κ3) is 4.13. The third-order valence-corrected chi connectivity index (χ3v) is 4.51. The number of hydrogen-bond acceptors (Lipinski definition) is 5. The number of rotatable bonds is 5. The van der Waals surface area contributed by atoms with Gasteiger partial charge in [-0.25, -0.2) is 13.6 Å². The van der Waals surface area contributed by atoms with E-state index in [1.54, 1.807) is 18.2 Å². The van der Waals surface area contributed by atoms with Crippen LogP contribution in [0.5, 0.6) is 0 Å². The third-order valence-electron chi connectivity index (χ3n) is 4.51. The van der Waals surface area contributed by atoms with Crippen molar-refractivity contribution in [3.63, 3.8) is 0 Å². The molecule has 2 aromatic carbocycles. The number of aromatic nitrogens is 1. The number of carbonyl (C=O) groups excluding carboxylic acids is 2. The lowest BCUT2D eigenvalue weighted by Gasteiger charge is -2.18. The number of nitriles is 1. The molecule has 148 valence electrons. The van der Waals surface area contributed by atoms with Gasteiger partial charge in [-0.1, -0.05) is 23.7 Å². The molecule has 1 heterocycles. The first-order valence-corrected chi connectivity index (χ1v) is 8.75. The smallest absolute Gasteiger partial charge is 0.328 e. The average molecular weight is 405 g/mol. The number of pyridine rings is 1. The molecular formula is C21H14BF2N3O3. The van der Waals surface area contributed by atoms with E-state index in [-0.39, 0.29) is 12.0 Å². The van der Waals surface area contributed by atoms with Gasteiger partial charge in [0.15, 0.2) is 0 Å². The Balaban J connectivity index is 1.99. The lowest BCUT2D eigenvalue weighted by molar-refractivity contribution is -0.142. The number of carbonyl (C=O) groups is 2. The Morgan fingerprint density at radius 3 is 2.60 bits per heavy atom. The summed E-state index contributed by atoms with van der Waals surface area (Å²) in [7, 11) is 7.06. The van der Waals surface area contributed by atoms with Gasteiger partial charge in [-0.05, 0) is 23.8 Å². The van der Waals surface area contributed by atoms with E-state index < -0.39 is 35.1 Å². The molecule has 3 rings (SSSR count). The number of methoxy groups -OCH3 is 1. The Kier molecular flexibility index (Phi) is 6.07. The number of fused-ring (bicyclic) bond motifs is 1. The highest BCUT2D eigenvalue weighted by atomic mass is 19.1. The van der Waals surface area contributed by atoms with Crippen molar-refractivity contribution >= 4 is 36.1 Å². The molecule has 6 nitrogen and oxygen atoms in total. The molecule has 0 spiro atoms. The fraction of sp³-hybridized carbons (Fsp3) is 0.143.